The van der Waals surface area contributed by atoms with Crippen LogP contribution < -0.4 is 4.90 Å². The lowest BCUT2D eigenvalue weighted by molar-refractivity contribution is -0.131. The molecule has 1 N–H and O–H groups in total. The quantitative estimate of drug-likeness (QED) is 0.664. The fourth-order valence-corrected chi connectivity index (χ4v) is 1.87. The number of aliphatic carboxylic acids is 1. The second-order valence-electron chi connectivity index (χ2n) is 3.65. The molecule has 0 bridgehead atoms. The van der Waals surface area contributed by atoms with Crippen LogP contribution in [0.1, 0.15) is 10.4 Å². The third-order valence-corrected chi connectivity index (χ3v) is 2.72. The molecule has 1 heterocycles. The highest BCUT2D eigenvalue weighted by molar-refractivity contribution is 6.52. The molecule has 0 aliphatic carbocycles. The maximum atomic E-state index is 11.7. The summed E-state index contributed by atoms with van der Waals surface area (Å²) in [6.45, 7) is 0.0181. The van der Waals surface area contributed by atoms with Gasteiger partial charge >= 0.3 is 5.97 Å². The summed E-state index contributed by atoms with van der Waals surface area (Å²) in [6.07, 6.45) is 2.21. The van der Waals surface area contributed by atoms with Crippen LogP contribution in [-0.2, 0) is 9.59 Å². The number of hydrogen-bond donors (Lipinski definition) is 1. The Balaban J connectivity index is 2.33. The van der Waals surface area contributed by atoms with Crippen LogP contribution in [0.2, 0.25) is 5.02 Å². The summed E-state index contributed by atoms with van der Waals surface area (Å²) in [5.41, 5.74) is 0.695. The highest BCUT2D eigenvalue weighted by atomic mass is 35.5. The van der Waals surface area contributed by atoms with E-state index in [2.05, 4.69) is 0 Å². The number of carboxylic acid groups (broad SMARTS) is 1. The van der Waals surface area contributed by atoms with E-state index in [4.69, 9.17) is 16.7 Å². The molecule has 0 saturated heterocycles. The first kappa shape index (κ1) is 12.3. The van der Waals surface area contributed by atoms with E-state index in [1.54, 1.807) is 0 Å². The van der Waals surface area contributed by atoms with Crippen LogP contribution in [0, 0.1) is 0 Å². The van der Waals surface area contributed by atoms with E-state index in [9.17, 15) is 14.4 Å². The number of fused-ring (bicyclic) bond motifs is 1. The van der Waals surface area contributed by atoms with Gasteiger partial charge in [0.15, 0.2) is 0 Å². The maximum Gasteiger partial charge on any atom is 0.328 e. The van der Waals surface area contributed by atoms with Crippen molar-refractivity contribution in [2.45, 2.75) is 0 Å². The van der Waals surface area contributed by atoms with Gasteiger partial charge in [-0.2, -0.15) is 0 Å². The van der Waals surface area contributed by atoms with Gasteiger partial charge in [0.1, 0.15) is 0 Å². The number of anilines is 1. The third kappa shape index (κ3) is 2.12. The summed E-state index contributed by atoms with van der Waals surface area (Å²) < 4.78 is 0. The van der Waals surface area contributed by atoms with Crippen molar-refractivity contribution in [1.29, 1.82) is 0 Å². The van der Waals surface area contributed by atoms with Crippen molar-refractivity contribution in [3.05, 3.63) is 40.9 Å². The Hall–Kier alpha value is -2.14. The molecule has 0 spiro atoms. The van der Waals surface area contributed by atoms with Crippen LogP contribution >= 0.6 is 11.6 Å². The second kappa shape index (κ2) is 4.62. The highest BCUT2D eigenvalue weighted by Crippen LogP contribution is 2.31. The van der Waals surface area contributed by atoms with E-state index in [0.717, 1.165) is 6.08 Å². The average molecular weight is 266 g/mol. The molecular weight excluding hydrogens is 258 g/mol. The van der Waals surface area contributed by atoms with Gasteiger partial charge in [-0.3, -0.25) is 9.59 Å². The van der Waals surface area contributed by atoms with Crippen molar-refractivity contribution in [3.8, 4) is 0 Å². The Labute approximate surface area is 107 Å². The number of ketones is 1. The smallest absolute Gasteiger partial charge is 0.328 e. The molecule has 1 aromatic carbocycles. The number of amides is 1. The van der Waals surface area contributed by atoms with Crippen LogP contribution in [0.25, 0.3) is 0 Å². The van der Waals surface area contributed by atoms with Crippen LogP contribution in [0.15, 0.2) is 30.4 Å². The summed E-state index contributed by atoms with van der Waals surface area (Å²) in [5.74, 6) is -2.40. The third-order valence-electron chi connectivity index (χ3n) is 2.48. The molecule has 0 atom stereocenters. The molecule has 6 heteroatoms. The minimum Gasteiger partial charge on any atom is -0.478 e. The first-order valence-electron chi connectivity index (χ1n) is 5.06. The molecule has 1 aliphatic rings. The highest BCUT2D eigenvalue weighted by Gasteiger charge is 2.35. The zero-order chi connectivity index (χ0) is 13.3. The van der Waals surface area contributed by atoms with Crippen LogP contribution in [0.3, 0.4) is 0 Å². The summed E-state index contributed by atoms with van der Waals surface area (Å²) in [4.78, 5) is 34.9. The van der Waals surface area contributed by atoms with Crippen LogP contribution in [0.4, 0.5) is 5.69 Å². The molecule has 1 aromatic rings. The summed E-state index contributed by atoms with van der Waals surface area (Å²) in [6, 6.07) is 4.52. The van der Waals surface area contributed by atoms with Crippen molar-refractivity contribution in [2.75, 3.05) is 11.4 Å². The van der Waals surface area contributed by atoms with Crippen molar-refractivity contribution in [1.82, 2.24) is 0 Å². The zero-order valence-corrected chi connectivity index (χ0v) is 9.85. The Kier molecular flexibility index (Phi) is 3.16. The molecule has 0 aromatic heterocycles. The first-order valence-corrected chi connectivity index (χ1v) is 5.43. The Morgan fingerprint density at radius 3 is 2.78 bits per heavy atom. The molecule has 0 radical (unpaired) electrons. The van der Waals surface area contributed by atoms with E-state index >= 15 is 0 Å². The number of carbonyl (C=O) groups is 3. The first-order chi connectivity index (χ1) is 8.50. The maximum absolute atomic E-state index is 11.7. The van der Waals surface area contributed by atoms with Gasteiger partial charge in [-0.15, -0.1) is 0 Å². The number of carboxylic acids is 1. The minimum absolute atomic E-state index is 0.0181. The zero-order valence-electron chi connectivity index (χ0n) is 9.09. The van der Waals surface area contributed by atoms with Crippen molar-refractivity contribution >= 4 is 34.9 Å². The molecule has 5 nitrogen and oxygen atoms in total. The summed E-state index contributed by atoms with van der Waals surface area (Å²) in [7, 11) is 0. The molecule has 18 heavy (non-hydrogen) atoms. The largest absolute Gasteiger partial charge is 0.478 e. The van der Waals surface area contributed by atoms with E-state index < -0.39 is 17.7 Å². The molecule has 2 rings (SSSR count). The van der Waals surface area contributed by atoms with E-state index in [1.807, 2.05) is 0 Å². The lowest BCUT2D eigenvalue weighted by Crippen LogP contribution is -2.29. The predicted molar refractivity (Wildman–Crippen MR) is 64.9 cm³/mol. The number of benzene rings is 1. The Morgan fingerprint density at radius 2 is 2.11 bits per heavy atom. The SMILES string of the molecule is O=C(O)/C=C/CN1C(=O)C(=O)c2ccc(Cl)cc21. The molecule has 1 aliphatic heterocycles. The topological polar surface area (TPSA) is 74.7 Å². The fourth-order valence-electron chi connectivity index (χ4n) is 1.71. The number of hydrogen-bond acceptors (Lipinski definition) is 3. The van der Waals surface area contributed by atoms with Gasteiger partial charge < -0.3 is 10.0 Å². The van der Waals surface area contributed by atoms with E-state index in [1.165, 1.54) is 29.2 Å². The molecule has 1 amide bonds. The van der Waals surface area contributed by atoms with Gasteiger partial charge in [-0.05, 0) is 18.2 Å². The molecule has 0 fully saturated rings. The Morgan fingerprint density at radius 1 is 1.39 bits per heavy atom. The molecular formula is C12H8ClNO4. The van der Waals surface area contributed by atoms with Crippen LogP contribution in [-0.4, -0.2) is 29.3 Å². The van der Waals surface area contributed by atoms with Crippen molar-refractivity contribution < 1.29 is 19.5 Å². The van der Waals surface area contributed by atoms with Crippen molar-refractivity contribution in [2.24, 2.45) is 0 Å². The van der Waals surface area contributed by atoms with E-state index in [0.29, 0.717) is 10.7 Å². The minimum atomic E-state index is -1.11. The van der Waals surface area contributed by atoms with Gasteiger partial charge in [0.2, 0.25) is 0 Å². The second-order valence-corrected chi connectivity index (χ2v) is 4.08. The lowest BCUT2D eigenvalue weighted by Gasteiger charge is -2.13. The Bertz CT molecular complexity index is 579. The number of carbonyl (C=O) groups excluding carboxylic acids is 2. The van der Waals surface area contributed by atoms with Gasteiger partial charge in [0.05, 0.1) is 11.3 Å². The lowest BCUT2D eigenvalue weighted by atomic mass is 10.1. The molecule has 0 saturated carbocycles. The fraction of sp³-hybridized carbons (Fsp3) is 0.0833. The standard InChI is InChI=1S/C12H8ClNO4/c13-7-3-4-8-9(6-7)14(12(18)11(8)17)5-1-2-10(15)16/h1-4,6H,5H2,(H,15,16)/b2-1+. The molecule has 92 valence electrons. The predicted octanol–water partition coefficient (Wildman–Crippen LogP) is 1.51. The average Bonchev–Trinajstić information content (AvgIpc) is 2.53. The van der Waals surface area contributed by atoms with Crippen molar-refractivity contribution in [3.63, 3.8) is 0 Å². The molecule has 0 unspecified atom stereocenters. The van der Waals surface area contributed by atoms with E-state index in [-0.39, 0.29) is 12.1 Å². The van der Waals surface area contributed by atoms with Gasteiger partial charge in [0, 0.05) is 17.6 Å². The number of halogens is 1. The van der Waals surface area contributed by atoms with Gasteiger partial charge in [0.25, 0.3) is 11.7 Å². The van der Waals surface area contributed by atoms with Gasteiger partial charge in [-0.1, -0.05) is 17.7 Å². The summed E-state index contributed by atoms with van der Waals surface area (Å²) >= 11 is 5.81. The monoisotopic (exact) mass is 265 g/mol. The van der Waals surface area contributed by atoms with Gasteiger partial charge in [-0.25, -0.2) is 4.79 Å². The number of Topliss-reactive ketones (excluding diaryl/α,β-unsaturated/α-hetero) is 1. The normalized spacial score (nSPS) is 14.4. The summed E-state index contributed by atoms with van der Waals surface area (Å²) in [5, 5.41) is 8.87. The number of rotatable bonds is 3. The van der Waals surface area contributed by atoms with Crippen LogP contribution in [0.5, 0.6) is 0 Å². The number of nitrogens with zero attached hydrogens (tertiary/aromatic N) is 1.